The monoisotopic (exact) mass is 416 g/mol. The summed E-state index contributed by atoms with van der Waals surface area (Å²) in [5.74, 6) is 1.21. The van der Waals surface area contributed by atoms with Crippen LogP contribution in [0.3, 0.4) is 0 Å². The van der Waals surface area contributed by atoms with Gasteiger partial charge in [0.25, 0.3) is 0 Å². The van der Waals surface area contributed by atoms with Gasteiger partial charge in [-0.1, -0.05) is 17.8 Å². The number of hydrogen-bond donors (Lipinski definition) is 1. The van der Waals surface area contributed by atoms with Crippen LogP contribution in [-0.2, 0) is 4.79 Å². The van der Waals surface area contributed by atoms with Crippen LogP contribution in [0.1, 0.15) is 39.0 Å². The number of ether oxygens (including phenoxy) is 1. The Morgan fingerprint density at radius 1 is 1.24 bits per heavy atom. The molecular formula is C22H32N4O2S. The van der Waals surface area contributed by atoms with Crippen LogP contribution in [0, 0.1) is 5.92 Å². The Morgan fingerprint density at radius 2 is 2.07 bits per heavy atom. The molecule has 6 nitrogen and oxygen atoms in total. The van der Waals surface area contributed by atoms with E-state index in [1.54, 1.807) is 18.4 Å². The number of likely N-dealkylation sites (tertiary alicyclic amines) is 1. The van der Waals surface area contributed by atoms with Crippen molar-refractivity contribution in [2.75, 3.05) is 44.7 Å². The maximum atomic E-state index is 12.6. The SMILES string of the molecule is COc1ccc2nc(N3CCC(C(=O)NCCN4CCCCC4C)CC3)sc2c1. The molecule has 1 N–H and O–H groups in total. The smallest absolute Gasteiger partial charge is 0.223 e. The lowest BCUT2D eigenvalue weighted by Gasteiger charge is -2.34. The Kier molecular flexibility index (Phi) is 6.55. The number of amides is 1. The van der Waals surface area contributed by atoms with Gasteiger partial charge in [0.05, 0.1) is 17.3 Å². The molecule has 1 unspecified atom stereocenters. The average Bonchev–Trinajstić information content (AvgIpc) is 3.18. The second kappa shape index (κ2) is 9.30. The minimum absolute atomic E-state index is 0.125. The van der Waals surface area contributed by atoms with E-state index in [9.17, 15) is 4.79 Å². The normalized spacial score (nSPS) is 21.4. The lowest BCUT2D eigenvalue weighted by Crippen LogP contribution is -2.45. The first kappa shape index (κ1) is 20.4. The maximum absolute atomic E-state index is 12.6. The van der Waals surface area contributed by atoms with Gasteiger partial charge < -0.3 is 15.0 Å². The van der Waals surface area contributed by atoms with E-state index in [-0.39, 0.29) is 11.8 Å². The van der Waals surface area contributed by atoms with Crippen molar-refractivity contribution >= 4 is 32.6 Å². The molecule has 0 saturated carbocycles. The fraction of sp³-hybridized carbons (Fsp3) is 0.636. The molecular weight excluding hydrogens is 384 g/mol. The number of fused-ring (bicyclic) bond motifs is 1. The lowest BCUT2D eigenvalue weighted by molar-refractivity contribution is -0.125. The predicted octanol–water partition coefficient (Wildman–Crippen LogP) is 3.51. The summed E-state index contributed by atoms with van der Waals surface area (Å²) in [4.78, 5) is 22.2. The van der Waals surface area contributed by atoms with Crippen molar-refractivity contribution in [2.24, 2.45) is 5.92 Å². The number of hydrogen-bond acceptors (Lipinski definition) is 6. The summed E-state index contributed by atoms with van der Waals surface area (Å²) in [6.45, 7) is 6.98. The highest BCUT2D eigenvalue weighted by Gasteiger charge is 2.26. The molecule has 2 aliphatic rings. The van der Waals surface area contributed by atoms with Crippen LogP contribution in [0.2, 0.25) is 0 Å². The van der Waals surface area contributed by atoms with E-state index >= 15 is 0 Å². The van der Waals surface area contributed by atoms with E-state index < -0.39 is 0 Å². The third kappa shape index (κ3) is 4.83. The molecule has 0 radical (unpaired) electrons. The fourth-order valence-corrected chi connectivity index (χ4v) is 5.49. The molecule has 7 heteroatoms. The molecule has 2 aliphatic heterocycles. The summed E-state index contributed by atoms with van der Waals surface area (Å²) < 4.78 is 6.46. The number of anilines is 1. The Labute approximate surface area is 177 Å². The van der Waals surface area contributed by atoms with Crippen LogP contribution < -0.4 is 15.0 Å². The number of nitrogens with one attached hydrogen (secondary N) is 1. The Balaban J connectivity index is 1.25. The molecule has 0 spiro atoms. The number of methoxy groups -OCH3 is 1. The third-order valence-electron chi connectivity index (χ3n) is 6.36. The molecule has 1 atom stereocenters. The van der Waals surface area contributed by atoms with Gasteiger partial charge in [0, 0.05) is 38.1 Å². The van der Waals surface area contributed by atoms with Crippen molar-refractivity contribution in [1.82, 2.24) is 15.2 Å². The predicted molar refractivity (Wildman–Crippen MR) is 119 cm³/mol. The van der Waals surface area contributed by atoms with E-state index in [0.29, 0.717) is 6.04 Å². The van der Waals surface area contributed by atoms with Gasteiger partial charge in [0.15, 0.2) is 5.13 Å². The van der Waals surface area contributed by atoms with Gasteiger partial charge in [0.1, 0.15) is 5.75 Å². The number of carbonyl (C=O) groups excluding carboxylic acids is 1. The highest BCUT2D eigenvalue weighted by Crippen LogP contribution is 2.33. The van der Waals surface area contributed by atoms with Gasteiger partial charge in [-0.15, -0.1) is 0 Å². The highest BCUT2D eigenvalue weighted by atomic mass is 32.1. The first-order valence-electron chi connectivity index (χ1n) is 10.9. The molecule has 2 aromatic rings. The number of benzene rings is 1. The Bertz CT molecular complexity index is 831. The summed E-state index contributed by atoms with van der Waals surface area (Å²) >= 11 is 1.70. The number of carbonyl (C=O) groups is 1. The number of nitrogens with zero attached hydrogens (tertiary/aromatic N) is 3. The zero-order valence-electron chi connectivity index (χ0n) is 17.5. The topological polar surface area (TPSA) is 57.7 Å². The van der Waals surface area contributed by atoms with Crippen LogP contribution in [0.4, 0.5) is 5.13 Å². The van der Waals surface area contributed by atoms with Gasteiger partial charge in [-0.2, -0.15) is 0 Å². The van der Waals surface area contributed by atoms with Crippen molar-refractivity contribution in [3.05, 3.63) is 18.2 Å². The van der Waals surface area contributed by atoms with Gasteiger partial charge in [0.2, 0.25) is 5.91 Å². The number of thiazole rings is 1. The van der Waals surface area contributed by atoms with Crippen LogP contribution in [0.15, 0.2) is 18.2 Å². The molecule has 158 valence electrons. The largest absolute Gasteiger partial charge is 0.497 e. The summed E-state index contributed by atoms with van der Waals surface area (Å²) in [6.07, 6.45) is 5.70. The zero-order chi connectivity index (χ0) is 20.2. The van der Waals surface area contributed by atoms with Crippen LogP contribution in [0.25, 0.3) is 10.2 Å². The van der Waals surface area contributed by atoms with Gasteiger partial charge >= 0.3 is 0 Å². The van der Waals surface area contributed by atoms with Crippen molar-refractivity contribution < 1.29 is 9.53 Å². The lowest BCUT2D eigenvalue weighted by atomic mass is 9.96. The maximum Gasteiger partial charge on any atom is 0.223 e. The summed E-state index contributed by atoms with van der Waals surface area (Å²) in [5, 5.41) is 4.23. The van der Waals surface area contributed by atoms with Crippen LogP contribution >= 0.6 is 11.3 Å². The molecule has 3 heterocycles. The summed E-state index contributed by atoms with van der Waals surface area (Å²) in [7, 11) is 1.69. The second-order valence-corrected chi connectivity index (χ2v) is 9.27. The van der Waals surface area contributed by atoms with Crippen LogP contribution in [0.5, 0.6) is 5.75 Å². The molecule has 0 aliphatic carbocycles. The van der Waals surface area contributed by atoms with E-state index in [4.69, 9.17) is 9.72 Å². The molecule has 1 amide bonds. The fourth-order valence-electron chi connectivity index (χ4n) is 4.44. The standard InChI is InChI=1S/C22H32N4O2S/c1-16-5-3-4-11-25(16)14-10-23-21(27)17-8-12-26(13-9-17)22-24-19-7-6-18(28-2)15-20(19)29-22/h6-7,15-17H,3-5,8-14H2,1-2H3,(H,23,27). The van der Waals surface area contributed by atoms with Crippen molar-refractivity contribution in [2.45, 2.75) is 45.1 Å². The molecule has 4 rings (SSSR count). The second-order valence-electron chi connectivity index (χ2n) is 8.26. The first-order valence-corrected chi connectivity index (χ1v) is 11.7. The first-order chi connectivity index (χ1) is 14.1. The molecule has 1 aromatic heterocycles. The molecule has 29 heavy (non-hydrogen) atoms. The Hall–Kier alpha value is -1.86. The summed E-state index contributed by atoms with van der Waals surface area (Å²) in [5.41, 5.74) is 1.01. The van der Waals surface area contributed by atoms with E-state index in [1.807, 2.05) is 18.2 Å². The summed E-state index contributed by atoms with van der Waals surface area (Å²) in [6, 6.07) is 6.66. The van der Waals surface area contributed by atoms with E-state index in [1.165, 1.54) is 25.8 Å². The van der Waals surface area contributed by atoms with Gasteiger partial charge in [-0.3, -0.25) is 9.69 Å². The van der Waals surface area contributed by atoms with E-state index in [0.717, 1.165) is 60.1 Å². The van der Waals surface area contributed by atoms with Crippen molar-refractivity contribution in [1.29, 1.82) is 0 Å². The third-order valence-corrected chi connectivity index (χ3v) is 7.44. The van der Waals surface area contributed by atoms with Crippen molar-refractivity contribution in [3.63, 3.8) is 0 Å². The average molecular weight is 417 g/mol. The number of aromatic nitrogens is 1. The van der Waals surface area contributed by atoms with Gasteiger partial charge in [-0.25, -0.2) is 4.98 Å². The van der Waals surface area contributed by atoms with Crippen LogP contribution in [-0.4, -0.2) is 61.7 Å². The molecule has 2 fully saturated rings. The molecule has 1 aromatic carbocycles. The van der Waals surface area contributed by atoms with Crippen molar-refractivity contribution in [3.8, 4) is 5.75 Å². The zero-order valence-corrected chi connectivity index (χ0v) is 18.3. The minimum Gasteiger partial charge on any atom is -0.497 e. The molecule has 0 bridgehead atoms. The minimum atomic E-state index is 0.125. The Morgan fingerprint density at radius 3 is 2.83 bits per heavy atom. The number of rotatable bonds is 6. The molecule has 2 saturated heterocycles. The number of piperidine rings is 2. The van der Waals surface area contributed by atoms with E-state index in [2.05, 4.69) is 22.0 Å². The van der Waals surface area contributed by atoms with Gasteiger partial charge in [-0.05, 0) is 57.4 Å². The quantitative estimate of drug-likeness (QED) is 0.781. The highest BCUT2D eigenvalue weighted by molar-refractivity contribution is 7.22.